The molecular formula is C21H26Cl2N4O2. The smallest absolute Gasteiger partial charge is 0.315 e. The third-order valence-electron chi connectivity index (χ3n) is 4.20. The lowest BCUT2D eigenvalue weighted by molar-refractivity contribution is -0.130. The van der Waals surface area contributed by atoms with Gasteiger partial charge in [0.1, 0.15) is 0 Å². The molecule has 0 unspecified atom stereocenters. The van der Waals surface area contributed by atoms with E-state index >= 15 is 0 Å². The molecule has 2 rings (SSSR count). The molecule has 29 heavy (non-hydrogen) atoms. The number of likely N-dealkylation sites (N-methyl/N-ethyl adjacent to an activating group) is 1. The molecule has 0 aliphatic heterocycles. The molecule has 3 amide bonds. The second kappa shape index (κ2) is 11.7. The van der Waals surface area contributed by atoms with Crippen LogP contribution in [0, 0.1) is 0 Å². The van der Waals surface area contributed by atoms with Gasteiger partial charge in [-0.25, -0.2) is 4.79 Å². The first kappa shape index (κ1) is 23.0. The largest absolute Gasteiger partial charge is 0.336 e. The predicted octanol–water partition coefficient (Wildman–Crippen LogP) is 3.38. The van der Waals surface area contributed by atoms with Crippen molar-refractivity contribution in [2.45, 2.75) is 13.1 Å². The first-order chi connectivity index (χ1) is 13.8. The number of urea groups is 1. The van der Waals surface area contributed by atoms with Crippen molar-refractivity contribution in [3.05, 3.63) is 69.7 Å². The van der Waals surface area contributed by atoms with Crippen LogP contribution in [0.15, 0.2) is 48.5 Å². The summed E-state index contributed by atoms with van der Waals surface area (Å²) >= 11 is 11.9. The van der Waals surface area contributed by atoms with Gasteiger partial charge in [0.2, 0.25) is 5.91 Å². The van der Waals surface area contributed by atoms with Crippen LogP contribution in [0.25, 0.3) is 0 Å². The van der Waals surface area contributed by atoms with Gasteiger partial charge in [0, 0.05) is 36.2 Å². The van der Waals surface area contributed by atoms with Gasteiger partial charge in [0.25, 0.3) is 0 Å². The van der Waals surface area contributed by atoms with Crippen LogP contribution >= 0.6 is 23.2 Å². The molecule has 2 N–H and O–H groups in total. The van der Waals surface area contributed by atoms with E-state index in [1.54, 1.807) is 23.1 Å². The van der Waals surface area contributed by atoms with E-state index in [0.717, 1.165) is 17.7 Å². The molecule has 0 atom stereocenters. The summed E-state index contributed by atoms with van der Waals surface area (Å²) in [6, 6.07) is 14.2. The molecule has 2 aromatic carbocycles. The van der Waals surface area contributed by atoms with Gasteiger partial charge in [0.15, 0.2) is 0 Å². The van der Waals surface area contributed by atoms with E-state index in [1.165, 1.54) is 0 Å². The van der Waals surface area contributed by atoms with Crippen LogP contribution in [-0.4, -0.2) is 55.5 Å². The average Bonchev–Trinajstić information content (AvgIpc) is 2.68. The first-order valence-electron chi connectivity index (χ1n) is 9.26. The van der Waals surface area contributed by atoms with Gasteiger partial charge in [0.05, 0.1) is 6.54 Å². The minimum atomic E-state index is -0.399. The minimum absolute atomic E-state index is 0.0829. The molecule has 0 spiro atoms. The zero-order valence-electron chi connectivity index (χ0n) is 16.6. The summed E-state index contributed by atoms with van der Waals surface area (Å²) in [7, 11) is 3.90. The van der Waals surface area contributed by atoms with Crippen molar-refractivity contribution in [3.8, 4) is 0 Å². The fourth-order valence-electron chi connectivity index (χ4n) is 2.58. The molecule has 0 bridgehead atoms. The zero-order valence-corrected chi connectivity index (χ0v) is 18.1. The van der Waals surface area contributed by atoms with E-state index in [-0.39, 0.29) is 12.5 Å². The Morgan fingerprint density at radius 1 is 0.897 bits per heavy atom. The molecule has 0 aromatic heterocycles. The molecule has 0 saturated heterocycles. The van der Waals surface area contributed by atoms with Crippen LogP contribution in [0.4, 0.5) is 4.79 Å². The Hall–Kier alpha value is -2.28. The van der Waals surface area contributed by atoms with E-state index in [0.29, 0.717) is 29.7 Å². The summed E-state index contributed by atoms with van der Waals surface area (Å²) in [4.78, 5) is 28.4. The Labute approximate surface area is 181 Å². The number of hydrogen-bond acceptors (Lipinski definition) is 3. The number of carbonyl (C=O) groups excluding carboxylic acids is 2. The molecule has 0 fully saturated rings. The number of halogens is 2. The van der Waals surface area contributed by atoms with Crippen LogP contribution in [0.1, 0.15) is 11.1 Å². The van der Waals surface area contributed by atoms with Crippen molar-refractivity contribution in [2.75, 3.05) is 33.7 Å². The normalized spacial score (nSPS) is 10.7. The molecule has 0 aliphatic carbocycles. The van der Waals surface area contributed by atoms with Gasteiger partial charge in [-0.05, 0) is 49.5 Å². The van der Waals surface area contributed by atoms with Gasteiger partial charge in [-0.3, -0.25) is 4.79 Å². The van der Waals surface area contributed by atoms with Gasteiger partial charge in [-0.15, -0.1) is 0 Å². The number of rotatable bonds is 9. The highest BCUT2D eigenvalue weighted by Crippen LogP contribution is 2.13. The van der Waals surface area contributed by atoms with Gasteiger partial charge < -0.3 is 20.4 Å². The molecule has 8 heteroatoms. The highest BCUT2D eigenvalue weighted by Gasteiger charge is 2.15. The molecule has 0 aliphatic rings. The predicted molar refractivity (Wildman–Crippen MR) is 117 cm³/mol. The Kier molecular flexibility index (Phi) is 9.25. The third-order valence-corrected chi connectivity index (χ3v) is 4.69. The maximum Gasteiger partial charge on any atom is 0.315 e. The first-order valence-corrected chi connectivity index (χ1v) is 10.0. The van der Waals surface area contributed by atoms with Crippen molar-refractivity contribution in [2.24, 2.45) is 0 Å². The molecule has 0 saturated carbocycles. The Bertz CT molecular complexity index is 813. The fourth-order valence-corrected chi connectivity index (χ4v) is 2.92. The molecule has 0 radical (unpaired) electrons. The van der Waals surface area contributed by atoms with Crippen LogP contribution in [0.3, 0.4) is 0 Å². The van der Waals surface area contributed by atoms with Crippen molar-refractivity contribution in [3.63, 3.8) is 0 Å². The molecule has 6 nitrogen and oxygen atoms in total. The monoisotopic (exact) mass is 436 g/mol. The van der Waals surface area contributed by atoms with Gasteiger partial charge >= 0.3 is 6.03 Å². The van der Waals surface area contributed by atoms with E-state index in [9.17, 15) is 9.59 Å². The number of nitrogens with one attached hydrogen (secondary N) is 2. The van der Waals surface area contributed by atoms with Gasteiger partial charge in [-0.2, -0.15) is 0 Å². The fraction of sp³-hybridized carbons (Fsp3) is 0.333. The van der Waals surface area contributed by atoms with E-state index in [2.05, 4.69) is 10.6 Å². The molecular weight excluding hydrogens is 411 g/mol. The maximum absolute atomic E-state index is 12.7. The maximum atomic E-state index is 12.7. The van der Waals surface area contributed by atoms with E-state index in [1.807, 2.05) is 49.3 Å². The second-order valence-corrected chi connectivity index (χ2v) is 7.78. The lowest BCUT2D eigenvalue weighted by Crippen LogP contribution is -2.45. The standard InChI is InChI=1S/C21H26Cl2N4O2/c1-26(2)10-11-27(15-17-4-3-5-19(23)12-17)20(28)14-25-21(29)24-13-16-6-8-18(22)9-7-16/h3-9,12H,10-11,13-15H2,1-2H3,(H2,24,25,29). The zero-order chi connectivity index (χ0) is 21.2. The van der Waals surface area contributed by atoms with E-state index in [4.69, 9.17) is 23.2 Å². The lowest BCUT2D eigenvalue weighted by atomic mass is 10.2. The average molecular weight is 437 g/mol. The van der Waals surface area contributed by atoms with Crippen LogP contribution in [-0.2, 0) is 17.9 Å². The second-order valence-electron chi connectivity index (χ2n) is 6.91. The van der Waals surface area contributed by atoms with Crippen LogP contribution < -0.4 is 10.6 Å². The Balaban J connectivity index is 1.86. The number of carbonyl (C=O) groups is 2. The van der Waals surface area contributed by atoms with Crippen molar-refractivity contribution < 1.29 is 9.59 Å². The quantitative estimate of drug-likeness (QED) is 0.632. The molecule has 0 heterocycles. The summed E-state index contributed by atoms with van der Waals surface area (Å²) in [5, 5.41) is 6.62. The minimum Gasteiger partial charge on any atom is -0.336 e. The number of hydrogen-bond donors (Lipinski definition) is 2. The van der Waals surface area contributed by atoms with Crippen LogP contribution in [0.2, 0.25) is 10.0 Å². The number of nitrogens with zero attached hydrogens (tertiary/aromatic N) is 2. The summed E-state index contributed by atoms with van der Waals surface area (Å²) < 4.78 is 0. The Morgan fingerprint density at radius 2 is 1.62 bits per heavy atom. The SMILES string of the molecule is CN(C)CCN(Cc1cccc(Cl)c1)C(=O)CNC(=O)NCc1ccc(Cl)cc1. The third kappa shape index (κ3) is 8.73. The van der Waals surface area contributed by atoms with Gasteiger partial charge in [-0.1, -0.05) is 47.5 Å². The lowest BCUT2D eigenvalue weighted by Gasteiger charge is -2.25. The number of amides is 3. The summed E-state index contributed by atoms with van der Waals surface area (Å²) in [5.74, 6) is -0.159. The van der Waals surface area contributed by atoms with E-state index < -0.39 is 6.03 Å². The summed E-state index contributed by atoms with van der Waals surface area (Å²) in [5.41, 5.74) is 1.86. The summed E-state index contributed by atoms with van der Waals surface area (Å²) in [6.07, 6.45) is 0. The van der Waals surface area contributed by atoms with Crippen molar-refractivity contribution >= 4 is 35.1 Å². The topological polar surface area (TPSA) is 64.7 Å². The number of benzene rings is 2. The highest BCUT2D eigenvalue weighted by molar-refractivity contribution is 6.30. The van der Waals surface area contributed by atoms with Crippen LogP contribution in [0.5, 0.6) is 0 Å². The van der Waals surface area contributed by atoms with Crippen molar-refractivity contribution in [1.29, 1.82) is 0 Å². The highest BCUT2D eigenvalue weighted by atomic mass is 35.5. The molecule has 2 aromatic rings. The molecule has 156 valence electrons. The van der Waals surface area contributed by atoms with Crippen molar-refractivity contribution in [1.82, 2.24) is 20.4 Å². The Morgan fingerprint density at radius 3 is 2.28 bits per heavy atom. The summed E-state index contributed by atoms with van der Waals surface area (Å²) in [6.45, 7) is 1.97.